The Hall–Kier alpha value is -2.40. The number of hydrogen-bond acceptors (Lipinski definition) is 3. The molecule has 3 aromatic rings. The molecule has 1 N–H and O–H groups in total. The maximum absolute atomic E-state index is 12.6. The van der Waals surface area contributed by atoms with Gasteiger partial charge < -0.3 is 9.88 Å². The lowest BCUT2D eigenvalue weighted by atomic mass is 10.0. The van der Waals surface area contributed by atoms with Crippen molar-refractivity contribution in [2.24, 2.45) is 0 Å². The van der Waals surface area contributed by atoms with E-state index in [1.807, 2.05) is 50.4 Å². The first-order chi connectivity index (χ1) is 12.0. The number of thiophene rings is 1. The van der Waals surface area contributed by atoms with Crippen molar-refractivity contribution in [3.8, 4) is 0 Å². The van der Waals surface area contributed by atoms with Crippen molar-refractivity contribution in [1.82, 2.24) is 9.88 Å². The average molecular weight is 354 g/mol. The van der Waals surface area contributed by atoms with E-state index >= 15 is 0 Å². The summed E-state index contributed by atoms with van der Waals surface area (Å²) in [4.78, 5) is 30.8. The molecular weight excluding hydrogens is 332 g/mol. The largest absolute Gasteiger partial charge is 0.333 e. The Bertz CT molecular complexity index is 958. The maximum Gasteiger partial charge on any atom is 0.253 e. The number of aromatic nitrogens is 1. The summed E-state index contributed by atoms with van der Waals surface area (Å²) in [6.07, 6.45) is 0.426. The molecule has 0 atom stereocenters. The summed E-state index contributed by atoms with van der Waals surface area (Å²) in [5.41, 5.74) is 3.60. The molecule has 0 bridgehead atoms. The maximum atomic E-state index is 12.6. The first kappa shape index (κ1) is 17.4. The van der Waals surface area contributed by atoms with E-state index in [1.165, 1.54) is 0 Å². The van der Waals surface area contributed by atoms with Crippen molar-refractivity contribution >= 4 is 28.1 Å². The number of amides is 1. The van der Waals surface area contributed by atoms with Crippen LogP contribution in [0.4, 0.5) is 0 Å². The molecular formula is C20H22N2O2S. The first-order valence-corrected chi connectivity index (χ1v) is 9.29. The van der Waals surface area contributed by atoms with E-state index in [1.54, 1.807) is 16.2 Å². The molecule has 1 aromatic carbocycles. The van der Waals surface area contributed by atoms with Gasteiger partial charge in [-0.3, -0.25) is 9.59 Å². The molecule has 0 radical (unpaired) electrons. The lowest BCUT2D eigenvalue weighted by Crippen LogP contribution is -2.31. The van der Waals surface area contributed by atoms with Gasteiger partial charge in [0.2, 0.25) is 5.91 Å². The Balaban J connectivity index is 1.96. The van der Waals surface area contributed by atoms with Crippen molar-refractivity contribution in [2.45, 2.75) is 40.3 Å². The zero-order valence-electron chi connectivity index (χ0n) is 14.8. The molecule has 1 amide bonds. The number of H-pyrrole nitrogens is 1. The Kier molecular flexibility index (Phi) is 5.04. The normalized spacial score (nSPS) is 11.0. The first-order valence-electron chi connectivity index (χ1n) is 8.42. The molecule has 0 fully saturated rings. The van der Waals surface area contributed by atoms with E-state index in [0.717, 1.165) is 26.9 Å². The minimum Gasteiger partial charge on any atom is -0.333 e. The second-order valence-electron chi connectivity index (χ2n) is 6.28. The van der Waals surface area contributed by atoms with Crippen LogP contribution in [0, 0.1) is 13.8 Å². The van der Waals surface area contributed by atoms with Crippen LogP contribution >= 0.6 is 11.3 Å². The van der Waals surface area contributed by atoms with E-state index < -0.39 is 0 Å². The highest BCUT2D eigenvalue weighted by molar-refractivity contribution is 7.09. The van der Waals surface area contributed by atoms with Crippen LogP contribution < -0.4 is 5.56 Å². The van der Waals surface area contributed by atoms with Crippen LogP contribution in [0.5, 0.6) is 0 Å². The van der Waals surface area contributed by atoms with Crippen LogP contribution in [0.1, 0.15) is 34.9 Å². The summed E-state index contributed by atoms with van der Waals surface area (Å²) >= 11 is 1.62. The molecule has 0 saturated heterocycles. The molecule has 4 nitrogen and oxygen atoms in total. The number of nitrogens with one attached hydrogen (secondary N) is 1. The SMILES string of the molecule is CCC(=O)N(Cc1cccs1)Cc1cc2ccc(C)c(C)c2[nH]c1=O. The number of carbonyl (C=O) groups excluding carboxylic acids is 1. The number of aryl methyl sites for hydroxylation is 2. The van der Waals surface area contributed by atoms with Crippen LogP contribution in [0.15, 0.2) is 40.5 Å². The third-order valence-corrected chi connectivity index (χ3v) is 5.43. The van der Waals surface area contributed by atoms with Crippen LogP contribution in [0.25, 0.3) is 10.9 Å². The van der Waals surface area contributed by atoms with Crippen molar-refractivity contribution in [2.75, 3.05) is 0 Å². The fourth-order valence-corrected chi connectivity index (χ4v) is 3.66. The van der Waals surface area contributed by atoms with Gasteiger partial charge in [0, 0.05) is 16.9 Å². The molecule has 130 valence electrons. The predicted octanol–water partition coefficient (Wildman–Crippen LogP) is 4.15. The Morgan fingerprint density at radius 3 is 2.68 bits per heavy atom. The number of benzene rings is 1. The molecule has 5 heteroatoms. The highest BCUT2D eigenvalue weighted by atomic mass is 32.1. The third kappa shape index (κ3) is 3.66. The predicted molar refractivity (Wildman–Crippen MR) is 103 cm³/mol. The van der Waals surface area contributed by atoms with Crippen molar-refractivity contribution in [3.63, 3.8) is 0 Å². The zero-order valence-corrected chi connectivity index (χ0v) is 15.6. The smallest absolute Gasteiger partial charge is 0.253 e. The van der Waals surface area contributed by atoms with E-state index in [2.05, 4.69) is 11.1 Å². The molecule has 0 spiro atoms. The topological polar surface area (TPSA) is 53.2 Å². The molecule has 0 aliphatic carbocycles. The average Bonchev–Trinajstić information content (AvgIpc) is 3.11. The second-order valence-corrected chi connectivity index (χ2v) is 7.31. The summed E-state index contributed by atoms with van der Waals surface area (Å²) in [5.74, 6) is 0.0491. The van der Waals surface area contributed by atoms with Gasteiger partial charge in [-0.25, -0.2) is 0 Å². The summed E-state index contributed by atoms with van der Waals surface area (Å²) in [6, 6.07) is 9.97. The van der Waals surface area contributed by atoms with E-state index in [-0.39, 0.29) is 11.5 Å². The molecule has 3 rings (SSSR count). The zero-order chi connectivity index (χ0) is 18.0. The number of rotatable bonds is 5. The number of carbonyl (C=O) groups is 1. The van der Waals surface area contributed by atoms with Crippen LogP contribution in [0.3, 0.4) is 0 Å². The number of nitrogens with zero attached hydrogens (tertiary/aromatic N) is 1. The summed E-state index contributed by atoms with van der Waals surface area (Å²) in [7, 11) is 0. The van der Waals surface area contributed by atoms with Crippen molar-refractivity contribution in [3.05, 3.63) is 67.6 Å². The highest BCUT2D eigenvalue weighted by Crippen LogP contribution is 2.20. The summed E-state index contributed by atoms with van der Waals surface area (Å²) in [6.45, 7) is 6.75. The summed E-state index contributed by atoms with van der Waals surface area (Å²) < 4.78 is 0. The molecule has 0 unspecified atom stereocenters. The number of hydrogen-bond donors (Lipinski definition) is 1. The molecule has 0 saturated carbocycles. The van der Waals surface area contributed by atoms with Crippen LogP contribution in [-0.4, -0.2) is 15.8 Å². The van der Waals surface area contributed by atoms with E-state index in [9.17, 15) is 9.59 Å². The van der Waals surface area contributed by atoms with Crippen LogP contribution in [0.2, 0.25) is 0 Å². The highest BCUT2D eigenvalue weighted by Gasteiger charge is 2.16. The number of aromatic amines is 1. The number of pyridine rings is 1. The van der Waals surface area contributed by atoms with Crippen LogP contribution in [-0.2, 0) is 17.9 Å². The van der Waals surface area contributed by atoms with Gasteiger partial charge in [0.1, 0.15) is 0 Å². The van der Waals surface area contributed by atoms with Gasteiger partial charge in [0.05, 0.1) is 18.6 Å². The molecule has 25 heavy (non-hydrogen) atoms. The van der Waals surface area contributed by atoms with Gasteiger partial charge in [-0.2, -0.15) is 0 Å². The van der Waals surface area contributed by atoms with Gasteiger partial charge >= 0.3 is 0 Å². The number of fused-ring (bicyclic) bond motifs is 1. The third-order valence-electron chi connectivity index (χ3n) is 4.57. The Morgan fingerprint density at radius 1 is 1.20 bits per heavy atom. The lowest BCUT2D eigenvalue weighted by molar-refractivity contribution is -0.132. The fraction of sp³-hybridized carbons (Fsp3) is 0.300. The van der Waals surface area contributed by atoms with Crippen molar-refractivity contribution in [1.29, 1.82) is 0 Å². The molecule has 0 aliphatic rings. The Labute approximate surface area is 151 Å². The van der Waals surface area contributed by atoms with E-state index in [0.29, 0.717) is 25.1 Å². The molecule has 0 aliphatic heterocycles. The van der Waals surface area contributed by atoms with Crippen molar-refractivity contribution < 1.29 is 4.79 Å². The Morgan fingerprint density at radius 2 is 2.00 bits per heavy atom. The second kappa shape index (κ2) is 7.23. The molecule has 2 heterocycles. The quantitative estimate of drug-likeness (QED) is 0.748. The minimum atomic E-state index is -0.124. The fourth-order valence-electron chi connectivity index (χ4n) is 2.94. The monoisotopic (exact) mass is 354 g/mol. The van der Waals surface area contributed by atoms with Gasteiger partial charge in [-0.05, 0) is 47.9 Å². The minimum absolute atomic E-state index is 0.0491. The van der Waals surface area contributed by atoms with Gasteiger partial charge in [0.15, 0.2) is 0 Å². The summed E-state index contributed by atoms with van der Waals surface area (Å²) in [5, 5.41) is 3.00. The lowest BCUT2D eigenvalue weighted by Gasteiger charge is -2.21. The van der Waals surface area contributed by atoms with Gasteiger partial charge in [0.25, 0.3) is 5.56 Å². The van der Waals surface area contributed by atoms with E-state index in [4.69, 9.17) is 0 Å². The van der Waals surface area contributed by atoms with Gasteiger partial charge in [-0.1, -0.05) is 25.1 Å². The van der Waals surface area contributed by atoms with Gasteiger partial charge in [-0.15, -0.1) is 11.3 Å². The standard InChI is InChI=1S/C20H22N2O2S/c1-4-18(23)22(12-17-6-5-9-25-17)11-16-10-15-8-7-13(2)14(3)19(15)21-20(16)24/h5-10H,4,11-12H2,1-3H3,(H,21,24). The molecule has 2 aromatic heterocycles.